The normalized spacial score (nSPS) is 16.0. The number of aryl methyl sites for hydroxylation is 1. The highest BCUT2D eigenvalue weighted by molar-refractivity contribution is 7.99. The summed E-state index contributed by atoms with van der Waals surface area (Å²) in [5.41, 5.74) is 7.81. The van der Waals surface area contributed by atoms with Gasteiger partial charge in [0.15, 0.2) is 5.11 Å². The molecule has 0 bridgehead atoms. The summed E-state index contributed by atoms with van der Waals surface area (Å²) < 4.78 is 2.32. The fraction of sp³-hybridized carbons (Fsp3) is 0.222. The Morgan fingerprint density at radius 1 is 0.913 bits per heavy atom. The minimum atomic E-state index is -0.384. The van der Waals surface area contributed by atoms with Crippen LogP contribution in [0.25, 0.3) is 5.69 Å². The highest BCUT2D eigenvalue weighted by Crippen LogP contribution is 2.44. The molecular formula is C36H36N6O2S2. The summed E-state index contributed by atoms with van der Waals surface area (Å²) in [6.45, 7) is 10.6. The van der Waals surface area contributed by atoms with Gasteiger partial charge in [0.25, 0.3) is 5.69 Å². The second kappa shape index (κ2) is 13.4. The topological polar surface area (TPSA) is 79.5 Å². The lowest BCUT2D eigenvalue weighted by Gasteiger charge is -2.28. The number of nitrogens with zero attached hydrogens (tertiary/aromatic N) is 5. The zero-order valence-corrected chi connectivity index (χ0v) is 27.9. The number of pyridine rings is 1. The Balaban J connectivity index is 1.35. The van der Waals surface area contributed by atoms with Gasteiger partial charge in [-0.2, -0.15) is 0 Å². The van der Waals surface area contributed by atoms with Crippen molar-refractivity contribution in [1.82, 2.24) is 14.9 Å². The van der Waals surface area contributed by atoms with Crippen LogP contribution in [0.4, 0.5) is 17.1 Å². The predicted octanol–water partition coefficient (Wildman–Crippen LogP) is 8.57. The van der Waals surface area contributed by atoms with Gasteiger partial charge in [-0.3, -0.25) is 15.1 Å². The largest absolute Gasteiger partial charge is 0.372 e. The van der Waals surface area contributed by atoms with E-state index < -0.39 is 0 Å². The number of hydrogen-bond acceptors (Lipinski definition) is 6. The van der Waals surface area contributed by atoms with Gasteiger partial charge in [0.05, 0.1) is 22.7 Å². The molecule has 2 atom stereocenters. The molecule has 3 aromatic carbocycles. The first kappa shape index (κ1) is 31.3. The SMILES string of the molecule is CCN(CC)c1ccc(-n2c(C)cc(C3C(c4ccccn4)NC(=S)N3c3ccc(Sc4ccc([N+](=O)[O-])cc4)cc3)c2C)cc1. The fourth-order valence-corrected chi connectivity index (χ4v) is 7.44. The molecule has 1 aliphatic rings. The van der Waals surface area contributed by atoms with Crippen LogP contribution in [0.3, 0.4) is 0 Å². The van der Waals surface area contributed by atoms with E-state index in [-0.39, 0.29) is 22.7 Å². The summed E-state index contributed by atoms with van der Waals surface area (Å²) in [5.74, 6) is 0. The van der Waals surface area contributed by atoms with Crippen molar-refractivity contribution in [3.05, 3.63) is 136 Å². The van der Waals surface area contributed by atoms with Crippen LogP contribution in [-0.4, -0.2) is 32.7 Å². The molecule has 46 heavy (non-hydrogen) atoms. The van der Waals surface area contributed by atoms with Crippen LogP contribution in [-0.2, 0) is 0 Å². The van der Waals surface area contributed by atoms with Crippen molar-refractivity contribution in [1.29, 1.82) is 0 Å². The Morgan fingerprint density at radius 2 is 1.54 bits per heavy atom. The molecule has 8 nitrogen and oxygen atoms in total. The van der Waals surface area contributed by atoms with E-state index in [4.69, 9.17) is 17.2 Å². The number of benzene rings is 3. The molecule has 1 saturated heterocycles. The lowest BCUT2D eigenvalue weighted by Crippen LogP contribution is -2.29. The molecule has 1 aliphatic heterocycles. The quantitative estimate of drug-likeness (QED) is 0.0917. The van der Waals surface area contributed by atoms with Gasteiger partial charge in [-0.05, 0) is 124 Å². The summed E-state index contributed by atoms with van der Waals surface area (Å²) in [6, 6.07) is 31.7. The lowest BCUT2D eigenvalue weighted by atomic mass is 9.96. The molecule has 3 heterocycles. The molecule has 234 valence electrons. The van der Waals surface area contributed by atoms with E-state index in [1.165, 1.54) is 23.4 Å². The zero-order chi connectivity index (χ0) is 32.4. The van der Waals surface area contributed by atoms with E-state index in [0.717, 1.165) is 51.3 Å². The predicted molar refractivity (Wildman–Crippen MR) is 190 cm³/mol. The fourth-order valence-electron chi connectivity index (χ4n) is 6.28. The minimum absolute atomic E-state index is 0.0826. The van der Waals surface area contributed by atoms with Crippen LogP contribution >= 0.6 is 24.0 Å². The van der Waals surface area contributed by atoms with Gasteiger partial charge in [-0.15, -0.1) is 0 Å². The summed E-state index contributed by atoms with van der Waals surface area (Å²) in [7, 11) is 0. The first-order valence-electron chi connectivity index (χ1n) is 15.4. The molecule has 2 unspecified atom stereocenters. The number of anilines is 2. The molecule has 0 amide bonds. The molecule has 10 heteroatoms. The van der Waals surface area contributed by atoms with Crippen molar-refractivity contribution in [2.45, 2.75) is 49.6 Å². The third-order valence-electron chi connectivity index (χ3n) is 8.52. The van der Waals surface area contributed by atoms with Crippen molar-refractivity contribution in [3.63, 3.8) is 0 Å². The third-order valence-corrected chi connectivity index (χ3v) is 9.85. The number of thiocarbonyl (C=S) groups is 1. The molecule has 2 aromatic heterocycles. The van der Waals surface area contributed by atoms with Crippen LogP contribution in [0.5, 0.6) is 0 Å². The van der Waals surface area contributed by atoms with Gasteiger partial charge in [0, 0.05) is 69.7 Å². The monoisotopic (exact) mass is 648 g/mol. The maximum absolute atomic E-state index is 11.0. The Bertz CT molecular complexity index is 1840. The number of aromatic nitrogens is 2. The van der Waals surface area contributed by atoms with E-state index in [2.05, 4.69) is 102 Å². The first-order valence-corrected chi connectivity index (χ1v) is 16.6. The summed E-state index contributed by atoms with van der Waals surface area (Å²) >= 11 is 7.56. The van der Waals surface area contributed by atoms with Crippen molar-refractivity contribution < 1.29 is 4.92 Å². The van der Waals surface area contributed by atoms with Crippen LogP contribution in [0.15, 0.2) is 113 Å². The second-order valence-electron chi connectivity index (χ2n) is 11.2. The lowest BCUT2D eigenvalue weighted by molar-refractivity contribution is -0.384. The van der Waals surface area contributed by atoms with Gasteiger partial charge in [0.2, 0.25) is 0 Å². The molecule has 1 fully saturated rings. The van der Waals surface area contributed by atoms with E-state index in [1.807, 2.05) is 24.4 Å². The molecule has 6 rings (SSSR count). The molecule has 0 aliphatic carbocycles. The standard InChI is InChI=1S/C36H36N6O2S2/c1-5-39(6-2)26-10-12-27(13-11-26)40-24(3)23-32(25(40)4)35-34(33-9-7-8-22-37-33)38-36(45)41(35)28-14-18-30(19-15-28)46-31-20-16-29(17-21-31)42(43)44/h7-23,34-35H,5-6H2,1-4H3,(H,38,45). The van der Waals surface area contributed by atoms with E-state index in [0.29, 0.717) is 5.11 Å². The van der Waals surface area contributed by atoms with Crippen LogP contribution in [0.2, 0.25) is 0 Å². The number of rotatable bonds is 10. The van der Waals surface area contributed by atoms with Gasteiger partial charge in [0.1, 0.15) is 0 Å². The van der Waals surface area contributed by atoms with E-state index >= 15 is 0 Å². The Labute approximate surface area is 279 Å². The zero-order valence-electron chi connectivity index (χ0n) is 26.3. The third kappa shape index (κ3) is 6.10. The average Bonchev–Trinajstić information content (AvgIpc) is 3.57. The molecule has 5 aromatic rings. The van der Waals surface area contributed by atoms with Crippen molar-refractivity contribution in [3.8, 4) is 5.69 Å². The van der Waals surface area contributed by atoms with Crippen molar-refractivity contribution in [2.24, 2.45) is 0 Å². The highest BCUT2D eigenvalue weighted by Gasteiger charge is 2.42. The Hall–Kier alpha value is -4.67. The molecular weight excluding hydrogens is 613 g/mol. The Kier molecular flexibility index (Phi) is 9.10. The first-order chi connectivity index (χ1) is 22.3. The van der Waals surface area contributed by atoms with Gasteiger partial charge in [-0.1, -0.05) is 17.8 Å². The second-order valence-corrected chi connectivity index (χ2v) is 12.7. The van der Waals surface area contributed by atoms with Gasteiger partial charge < -0.3 is 19.7 Å². The number of hydrogen-bond donors (Lipinski definition) is 1. The molecule has 0 radical (unpaired) electrons. The van der Waals surface area contributed by atoms with Gasteiger partial charge in [-0.25, -0.2) is 0 Å². The summed E-state index contributed by atoms with van der Waals surface area (Å²) in [6.07, 6.45) is 1.82. The Morgan fingerprint density at radius 3 is 2.13 bits per heavy atom. The number of non-ortho nitro benzene ring substituents is 1. The van der Waals surface area contributed by atoms with E-state index in [1.54, 1.807) is 23.9 Å². The minimum Gasteiger partial charge on any atom is -0.372 e. The summed E-state index contributed by atoms with van der Waals surface area (Å²) in [4.78, 5) is 21.9. The maximum Gasteiger partial charge on any atom is 0.269 e. The van der Waals surface area contributed by atoms with Crippen LogP contribution in [0, 0.1) is 24.0 Å². The molecule has 0 saturated carbocycles. The summed E-state index contributed by atoms with van der Waals surface area (Å²) in [5, 5.41) is 15.3. The number of nitro benzene ring substituents is 1. The average molecular weight is 649 g/mol. The maximum atomic E-state index is 11.0. The highest BCUT2D eigenvalue weighted by atomic mass is 32.2. The van der Waals surface area contributed by atoms with Crippen molar-refractivity contribution in [2.75, 3.05) is 22.9 Å². The molecule has 0 spiro atoms. The van der Waals surface area contributed by atoms with Crippen LogP contribution < -0.4 is 15.1 Å². The molecule has 1 N–H and O–H groups in total. The smallest absolute Gasteiger partial charge is 0.269 e. The van der Waals surface area contributed by atoms with Crippen molar-refractivity contribution >= 4 is 46.2 Å². The number of nitro groups is 1. The van der Waals surface area contributed by atoms with Gasteiger partial charge >= 0.3 is 0 Å². The van der Waals surface area contributed by atoms with Crippen LogP contribution in [0.1, 0.15) is 48.6 Å². The van der Waals surface area contributed by atoms with E-state index in [9.17, 15) is 10.1 Å². The number of nitrogens with one attached hydrogen (secondary N) is 1.